The van der Waals surface area contributed by atoms with Crippen molar-refractivity contribution in [2.75, 3.05) is 0 Å². The summed E-state index contributed by atoms with van der Waals surface area (Å²) in [5, 5.41) is 8.23. The molecular weight excluding hydrogens is 88.1 g/mol. The Bertz CT molecular complexity index is 103. The zero-order valence-corrected chi connectivity index (χ0v) is 4.09. The highest BCUT2D eigenvalue weighted by Crippen LogP contribution is 2.23. The lowest BCUT2D eigenvalue weighted by Crippen LogP contribution is -2.38. The topological polar surface area (TPSA) is 49.8 Å². The monoisotopic (exact) mass is 96.1 g/mol. The molecule has 2 N–H and O–H groups in total. The molecule has 0 amide bonds. The summed E-state index contributed by atoms with van der Waals surface area (Å²) in [5.74, 6) is 0.167. The molecule has 0 aromatic rings. The summed E-state index contributed by atoms with van der Waals surface area (Å²) in [7, 11) is 0. The first kappa shape index (κ1) is 4.61. The van der Waals surface area contributed by atoms with Gasteiger partial charge in [0.15, 0.2) is 0 Å². The van der Waals surface area contributed by atoms with Crippen LogP contribution in [-0.4, -0.2) is 6.04 Å². The third kappa shape index (κ3) is 0.594. The summed E-state index contributed by atoms with van der Waals surface area (Å²) in [6.07, 6.45) is 2.05. The maximum atomic E-state index is 8.23. The van der Waals surface area contributed by atoms with Crippen molar-refractivity contribution in [2.45, 2.75) is 18.9 Å². The highest BCUT2D eigenvalue weighted by Gasteiger charge is 2.26. The molecule has 0 aromatic heterocycles. The Morgan fingerprint density at radius 3 is 2.29 bits per heavy atom. The third-order valence-electron chi connectivity index (χ3n) is 1.49. The third-order valence-corrected chi connectivity index (χ3v) is 1.49. The fourth-order valence-electron chi connectivity index (χ4n) is 0.686. The minimum absolute atomic E-state index is 0.167. The standard InChI is InChI=1S/C5H8N2/c6-3-4-1-2-5(4)7/h4-5H,1-2,7H2/t4-,5+/m1/s1. The van der Waals surface area contributed by atoms with Crippen LogP contribution in [0.2, 0.25) is 0 Å². The lowest BCUT2D eigenvalue weighted by molar-refractivity contribution is 0.326. The first-order valence-corrected chi connectivity index (χ1v) is 2.50. The summed E-state index contributed by atoms with van der Waals surface area (Å²) >= 11 is 0. The Morgan fingerprint density at radius 2 is 2.29 bits per heavy atom. The second-order valence-electron chi connectivity index (χ2n) is 1.98. The maximum absolute atomic E-state index is 8.23. The van der Waals surface area contributed by atoms with Crippen LogP contribution in [0.4, 0.5) is 0 Å². The van der Waals surface area contributed by atoms with E-state index in [1.165, 1.54) is 0 Å². The predicted molar refractivity (Wildman–Crippen MR) is 26.3 cm³/mol. The molecular formula is C5H8N2. The molecule has 2 atom stereocenters. The van der Waals surface area contributed by atoms with Crippen LogP contribution in [0.5, 0.6) is 0 Å². The van der Waals surface area contributed by atoms with E-state index < -0.39 is 0 Å². The van der Waals surface area contributed by atoms with Crippen LogP contribution in [0.25, 0.3) is 0 Å². The molecule has 1 saturated carbocycles. The van der Waals surface area contributed by atoms with E-state index in [0.29, 0.717) is 0 Å². The minimum Gasteiger partial charge on any atom is -0.327 e. The largest absolute Gasteiger partial charge is 0.327 e. The Morgan fingerprint density at radius 1 is 1.57 bits per heavy atom. The zero-order valence-electron chi connectivity index (χ0n) is 4.09. The summed E-state index contributed by atoms with van der Waals surface area (Å²) in [5.41, 5.74) is 5.41. The van der Waals surface area contributed by atoms with Crippen LogP contribution in [0.3, 0.4) is 0 Å². The molecule has 0 unspecified atom stereocenters. The first-order chi connectivity index (χ1) is 3.34. The van der Waals surface area contributed by atoms with Gasteiger partial charge in [-0.25, -0.2) is 0 Å². The molecule has 0 spiro atoms. The van der Waals surface area contributed by atoms with E-state index in [1.807, 2.05) is 0 Å². The van der Waals surface area contributed by atoms with Crippen LogP contribution in [-0.2, 0) is 0 Å². The number of hydrogen-bond acceptors (Lipinski definition) is 2. The number of rotatable bonds is 0. The number of nitrogens with zero attached hydrogens (tertiary/aromatic N) is 1. The molecule has 0 saturated heterocycles. The Kier molecular flexibility index (Phi) is 0.994. The van der Waals surface area contributed by atoms with Gasteiger partial charge in [-0.1, -0.05) is 0 Å². The van der Waals surface area contributed by atoms with Crippen LogP contribution >= 0.6 is 0 Å². The highest BCUT2D eigenvalue weighted by atomic mass is 14.7. The van der Waals surface area contributed by atoms with Crippen molar-refractivity contribution in [1.82, 2.24) is 0 Å². The second-order valence-corrected chi connectivity index (χ2v) is 1.98. The van der Waals surface area contributed by atoms with Gasteiger partial charge in [0.05, 0.1) is 12.0 Å². The van der Waals surface area contributed by atoms with E-state index in [-0.39, 0.29) is 12.0 Å². The van der Waals surface area contributed by atoms with Gasteiger partial charge in [-0.05, 0) is 12.8 Å². The SMILES string of the molecule is N#C[C@H]1CC[C@@H]1N. The van der Waals surface area contributed by atoms with Crippen molar-refractivity contribution in [3.63, 3.8) is 0 Å². The first-order valence-electron chi connectivity index (χ1n) is 2.50. The summed E-state index contributed by atoms with van der Waals surface area (Å²) < 4.78 is 0. The van der Waals surface area contributed by atoms with Crippen LogP contribution in [0.15, 0.2) is 0 Å². The number of hydrogen-bond donors (Lipinski definition) is 1. The molecule has 0 heterocycles. The molecule has 7 heavy (non-hydrogen) atoms. The average Bonchev–Trinajstić information content (AvgIpc) is 1.65. The molecule has 0 radical (unpaired) electrons. The van der Waals surface area contributed by atoms with Gasteiger partial charge in [0, 0.05) is 6.04 Å². The number of nitriles is 1. The van der Waals surface area contributed by atoms with E-state index in [4.69, 9.17) is 11.0 Å². The molecule has 0 aliphatic heterocycles. The average molecular weight is 96.1 g/mol. The predicted octanol–water partition coefficient (Wildman–Crippen LogP) is 0.247. The van der Waals surface area contributed by atoms with Crippen molar-refractivity contribution in [3.05, 3.63) is 0 Å². The Labute approximate surface area is 42.9 Å². The molecule has 2 nitrogen and oxygen atoms in total. The van der Waals surface area contributed by atoms with Crippen LogP contribution in [0.1, 0.15) is 12.8 Å². The van der Waals surface area contributed by atoms with E-state index in [2.05, 4.69) is 6.07 Å². The van der Waals surface area contributed by atoms with E-state index in [9.17, 15) is 0 Å². The van der Waals surface area contributed by atoms with Gasteiger partial charge in [0.1, 0.15) is 0 Å². The second kappa shape index (κ2) is 1.51. The van der Waals surface area contributed by atoms with Crippen LogP contribution in [0, 0.1) is 17.2 Å². The van der Waals surface area contributed by atoms with E-state index in [0.717, 1.165) is 12.8 Å². The summed E-state index contributed by atoms with van der Waals surface area (Å²) in [6, 6.07) is 2.31. The van der Waals surface area contributed by atoms with Crippen molar-refractivity contribution in [3.8, 4) is 6.07 Å². The van der Waals surface area contributed by atoms with E-state index >= 15 is 0 Å². The van der Waals surface area contributed by atoms with Crippen molar-refractivity contribution >= 4 is 0 Å². The molecule has 2 heteroatoms. The lowest BCUT2D eigenvalue weighted by atomic mass is 9.82. The lowest BCUT2D eigenvalue weighted by Gasteiger charge is -2.26. The molecule has 0 bridgehead atoms. The molecule has 38 valence electrons. The van der Waals surface area contributed by atoms with Gasteiger partial charge in [0.2, 0.25) is 0 Å². The summed E-state index contributed by atoms with van der Waals surface area (Å²) in [4.78, 5) is 0. The van der Waals surface area contributed by atoms with Gasteiger partial charge in [-0.2, -0.15) is 5.26 Å². The van der Waals surface area contributed by atoms with Gasteiger partial charge < -0.3 is 5.73 Å². The zero-order chi connectivity index (χ0) is 5.28. The van der Waals surface area contributed by atoms with E-state index in [1.54, 1.807) is 0 Å². The normalized spacial score (nSPS) is 38.9. The molecule has 1 rings (SSSR count). The number of nitrogens with two attached hydrogens (primary N) is 1. The molecule has 1 aliphatic carbocycles. The van der Waals surface area contributed by atoms with Gasteiger partial charge >= 0.3 is 0 Å². The van der Waals surface area contributed by atoms with Crippen molar-refractivity contribution in [1.29, 1.82) is 5.26 Å². The van der Waals surface area contributed by atoms with Crippen molar-refractivity contribution in [2.24, 2.45) is 11.7 Å². The van der Waals surface area contributed by atoms with Crippen LogP contribution < -0.4 is 5.73 Å². The fraction of sp³-hybridized carbons (Fsp3) is 0.800. The quantitative estimate of drug-likeness (QED) is 0.470. The van der Waals surface area contributed by atoms with Gasteiger partial charge in [-0.15, -0.1) is 0 Å². The van der Waals surface area contributed by atoms with Gasteiger partial charge in [-0.3, -0.25) is 0 Å². The molecule has 1 aliphatic rings. The summed E-state index contributed by atoms with van der Waals surface area (Å²) in [6.45, 7) is 0. The molecule has 1 fully saturated rings. The fourth-order valence-corrected chi connectivity index (χ4v) is 0.686. The Hall–Kier alpha value is -0.550. The smallest absolute Gasteiger partial charge is 0.0672 e. The Balaban J connectivity index is 2.33. The van der Waals surface area contributed by atoms with Crippen molar-refractivity contribution < 1.29 is 0 Å². The molecule has 0 aromatic carbocycles. The maximum Gasteiger partial charge on any atom is 0.0672 e. The minimum atomic E-state index is 0.167. The highest BCUT2D eigenvalue weighted by molar-refractivity contribution is 4.97. The van der Waals surface area contributed by atoms with Gasteiger partial charge in [0.25, 0.3) is 0 Å².